The second-order valence-corrected chi connectivity index (χ2v) is 6.61. The van der Waals surface area contributed by atoms with E-state index >= 15 is 0 Å². The maximum atomic E-state index is 4.61. The SMILES string of the molecule is CC1(C)CCc2cnn(-c3cc4ccccc4[nH]3)c2C1. The van der Waals surface area contributed by atoms with Crippen LogP contribution in [-0.2, 0) is 12.8 Å². The van der Waals surface area contributed by atoms with Crippen molar-refractivity contribution < 1.29 is 0 Å². The summed E-state index contributed by atoms with van der Waals surface area (Å²) >= 11 is 0. The van der Waals surface area contributed by atoms with Gasteiger partial charge in [0.05, 0.1) is 6.20 Å². The van der Waals surface area contributed by atoms with Crippen LogP contribution in [0.3, 0.4) is 0 Å². The van der Waals surface area contributed by atoms with Gasteiger partial charge in [-0.2, -0.15) is 5.10 Å². The smallest absolute Gasteiger partial charge is 0.132 e. The summed E-state index contributed by atoms with van der Waals surface area (Å²) in [4.78, 5) is 3.48. The predicted octanol–water partition coefficient (Wildman–Crippen LogP) is 3.87. The number of para-hydroxylation sites is 1. The summed E-state index contributed by atoms with van der Waals surface area (Å²) in [5, 5.41) is 5.85. The lowest BCUT2D eigenvalue weighted by Gasteiger charge is -2.29. The Morgan fingerprint density at radius 1 is 1.25 bits per heavy atom. The standard InChI is InChI=1S/C17H19N3/c1-17(2)8-7-13-11-18-20(15(13)10-17)16-9-12-5-3-4-6-14(12)19-16/h3-6,9,11,19H,7-8,10H2,1-2H3. The van der Waals surface area contributed by atoms with Gasteiger partial charge in [0, 0.05) is 16.6 Å². The first-order valence-electron chi connectivity index (χ1n) is 7.26. The second-order valence-electron chi connectivity index (χ2n) is 6.61. The Kier molecular flexibility index (Phi) is 2.34. The van der Waals surface area contributed by atoms with Crippen molar-refractivity contribution in [2.24, 2.45) is 5.41 Å². The van der Waals surface area contributed by atoms with Crippen LogP contribution in [0.25, 0.3) is 16.7 Å². The van der Waals surface area contributed by atoms with Gasteiger partial charge >= 0.3 is 0 Å². The molecule has 0 saturated carbocycles. The summed E-state index contributed by atoms with van der Waals surface area (Å²) in [6.07, 6.45) is 5.52. The molecule has 1 aliphatic rings. The van der Waals surface area contributed by atoms with Gasteiger partial charge in [0.1, 0.15) is 5.82 Å². The molecule has 3 nitrogen and oxygen atoms in total. The van der Waals surface area contributed by atoms with E-state index in [4.69, 9.17) is 0 Å². The molecule has 1 aromatic carbocycles. The van der Waals surface area contributed by atoms with Crippen molar-refractivity contribution in [1.82, 2.24) is 14.8 Å². The molecule has 0 unspecified atom stereocenters. The van der Waals surface area contributed by atoms with Crippen LogP contribution in [0.4, 0.5) is 0 Å². The highest BCUT2D eigenvalue weighted by atomic mass is 15.3. The van der Waals surface area contributed by atoms with Crippen molar-refractivity contribution in [2.45, 2.75) is 33.1 Å². The van der Waals surface area contributed by atoms with E-state index in [-0.39, 0.29) is 0 Å². The molecular formula is C17H19N3. The maximum absolute atomic E-state index is 4.61. The third-order valence-corrected chi connectivity index (χ3v) is 4.42. The number of aromatic amines is 1. The predicted molar refractivity (Wildman–Crippen MR) is 81.2 cm³/mol. The summed E-state index contributed by atoms with van der Waals surface area (Å²) in [6, 6.07) is 10.6. The van der Waals surface area contributed by atoms with E-state index in [1.165, 1.54) is 28.6 Å². The molecule has 0 amide bonds. The molecule has 20 heavy (non-hydrogen) atoms. The van der Waals surface area contributed by atoms with Gasteiger partial charge in [-0.25, -0.2) is 4.68 Å². The number of H-pyrrole nitrogens is 1. The lowest BCUT2D eigenvalue weighted by atomic mass is 9.77. The average Bonchev–Trinajstić information content (AvgIpc) is 2.99. The molecule has 1 N–H and O–H groups in total. The van der Waals surface area contributed by atoms with E-state index in [0.29, 0.717) is 5.41 Å². The van der Waals surface area contributed by atoms with Crippen LogP contribution in [0.1, 0.15) is 31.5 Å². The van der Waals surface area contributed by atoms with Crippen molar-refractivity contribution in [3.63, 3.8) is 0 Å². The minimum atomic E-state index is 0.372. The third-order valence-electron chi connectivity index (χ3n) is 4.42. The molecule has 0 fully saturated rings. The van der Waals surface area contributed by atoms with Crippen LogP contribution in [0.2, 0.25) is 0 Å². The minimum Gasteiger partial charge on any atom is -0.340 e. The first-order chi connectivity index (χ1) is 9.62. The number of rotatable bonds is 1. The van der Waals surface area contributed by atoms with Gasteiger partial charge in [-0.3, -0.25) is 0 Å². The number of benzene rings is 1. The van der Waals surface area contributed by atoms with Crippen molar-refractivity contribution >= 4 is 10.9 Å². The first kappa shape index (κ1) is 11.8. The zero-order valence-corrected chi connectivity index (χ0v) is 12.0. The molecule has 0 atom stereocenters. The molecule has 0 radical (unpaired) electrons. The first-order valence-corrected chi connectivity index (χ1v) is 7.26. The molecule has 2 aromatic heterocycles. The van der Waals surface area contributed by atoms with Crippen molar-refractivity contribution in [2.75, 3.05) is 0 Å². The number of aromatic nitrogens is 3. The Hall–Kier alpha value is -2.03. The number of hydrogen-bond donors (Lipinski definition) is 1. The van der Waals surface area contributed by atoms with E-state index < -0.39 is 0 Å². The van der Waals surface area contributed by atoms with Crippen LogP contribution in [0.5, 0.6) is 0 Å². The zero-order chi connectivity index (χ0) is 13.7. The maximum Gasteiger partial charge on any atom is 0.132 e. The molecule has 2 heterocycles. The van der Waals surface area contributed by atoms with Gasteiger partial charge in [-0.15, -0.1) is 0 Å². The second kappa shape index (κ2) is 3.98. The van der Waals surface area contributed by atoms with Crippen molar-refractivity contribution in [3.05, 3.63) is 47.8 Å². The molecule has 0 saturated heterocycles. The summed E-state index contributed by atoms with van der Waals surface area (Å²) in [6.45, 7) is 4.69. The molecule has 0 aliphatic heterocycles. The van der Waals surface area contributed by atoms with E-state index in [1.54, 1.807) is 0 Å². The van der Waals surface area contributed by atoms with Gasteiger partial charge in [0.25, 0.3) is 0 Å². The summed E-state index contributed by atoms with van der Waals surface area (Å²) in [5.74, 6) is 1.07. The molecule has 102 valence electrons. The fourth-order valence-electron chi connectivity index (χ4n) is 3.20. The van der Waals surface area contributed by atoms with Crippen LogP contribution < -0.4 is 0 Å². The fraction of sp³-hybridized carbons (Fsp3) is 0.353. The van der Waals surface area contributed by atoms with Crippen molar-refractivity contribution in [3.8, 4) is 5.82 Å². The Morgan fingerprint density at radius 2 is 2.10 bits per heavy atom. The highest BCUT2D eigenvalue weighted by Crippen LogP contribution is 2.35. The quantitative estimate of drug-likeness (QED) is 0.712. The Morgan fingerprint density at radius 3 is 2.95 bits per heavy atom. The van der Waals surface area contributed by atoms with Gasteiger partial charge < -0.3 is 4.98 Å². The number of nitrogens with zero attached hydrogens (tertiary/aromatic N) is 2. The molecule has 3 heteroatoms. The van der Waals surface area contributed by atoms with Gasteiger partial charge in [-0.1, -0.05) is 32.0 Å². The normalized spacial score (nSPS) is 17.3. The summed E-state index contributed by atoms with van der Waals surface area (Å²) < 4.78 is 2.09. The van der Waals surface area contributed by atoms with Gasteiger partial charge in [0.15, 0.2) is 0 Å². The van der Waals surface area contributed by atoms with E-state index in [1.807, 2.05) is 6.20 Å². The Labute approximate surface area is 118 Å². The number of hydrogen-bond acceptors (Lipinski definition) is 1. The highest BCUT2D eigenvalue weighted by molar-refractivity contribution is 5.82. The number of nitrogens with one attached hydrogen (secondary N) is 1. The summed E-state index contributed by atoms with van der Waals surface area (Å²) in [5.41, 5.74) is 4.31. The minimum absolute atomic E-state index is 0.372. The number of aryl methyl sites for hydroxylation is 1. The molecule has 4 rings (SSSR count). The lowest BCUT2D eigenvalue weighted by Crippen LogP contribution is -2.23. The molecule has 0 bridgehead atoms. The summed E-state index contributed by atoms with van der Waals surface area (Å²) in [7, 11) is 0. The molecular weight excluding hydrogens is 246 g/mol. The van der Waals surface area contributed by atoms with Gasteiger partial charge in [-0.05, 0) is 42.4 Å². The zero-order valence-electron chi connectivity index (χ0n) is 12.0. The van der Waals surface area contributed by atoms with Crippen LogP contribution in [0, 0.1) is 5.41 Å². The fourth-order valence-corrected chi connectivity index (χ4v) is 3.20. The van der Waals surface area contributed by atoms with Crippen molar-refractivity contribution in [1.29, 1.82) is 0 Å². The molecule has 1 aliphatic carbocycles. The Balaban J connectivity index is 1.85. The van der Waals surface area contributed by atoms with E-state index in [0.717, 1.165) is 18.7 Å². The molecule has 3 aromatic rings. The largest absolute Gasteiger partial charge is 0.340 e. The molecule has 0 spiro atoms. The van der Waals surface area contributed by atoms with Gasteiger partial charge in [0.2, 0.25) is 0 Å². The lowest BCUT2D eigenvalue weighted by molar-refractivity contribution is 0.309. The Bertz CT molecular complexity index is 743. The van der Waals surface area contributed by atoms with Crippen LogP contribution in [0.15, 0.2) is 36.5 Å². The van der Waals surface area contributed by atoms with Crippen LogP contribution >= 0.6 is 0 Å². The monoisotopic (exact) mass is 265 g/mol. The van der Waals surface area contributed by atoms with E-state index in [9.17, 15) is 0 Å². The average molecular weight is 265 g/mol. The topological polar surface area (TPSA) is 33.6 Å². The number of fused-ring (bicyclic) bond motifs is 2. The third kappa shape index (κ3) is 1.77. The highest BCUT2D eigenvalue weighted by Gasteiger charge is 2.28. The van der Waals surface area contributed by atoms with E-state index in [2.05, 4.69) is 58.9 Å². The van der Waals surface area contributed by atoms with Crippen LogP contribution in [-0.4, -0.2) is 14.8 Å².